The Morgan fingerprint density at radius 3 is 2.89 bits per heavy atom. The third-order valence-electron chi connectivity index (χ3n) is 3.96. The molecule has 10 nitrogen and oxygen atoms in total. The van der Waals surface area contributed by atoms with E-state index in [4.69, 9.17) is 5.73 Å². The van der Waals surface area contributed by atoms with Crippen LogP contribution in [0.1, 0.15) is 5.56 Å². The number of hydrazone groups is 1. The first-order valence-electron chi connectivity index (χ1n) is 8.26. The number of nitrogens with one attached hydrogen (secondary N) is 1. The topological polar surface area (TPSA) is 144 Å². The number of carbonyl (C=O) groups is 1. The molecule has 0 atom stereocenters. The number of para-hydroxylation sites is 2. The summed E-state index contributed by atoms with van der Waals surface area (Å²) in [5, 5.41) is 20.7. The monoisotopic (exact) mass is 377 g/mol. The van der Waals surface area contributed by atoms with Crippen molar-refractivity contribution in [3.05, 3.63) is 54.1 Å². The highest BCUT2D eigenvalue weighted by Gasteiger charge is 2.20. The second-order valence-corrected chi connectivity index (χ2v) is 5.90. The molecule has 1 amide bonds. The van der Waals surface area contributed by atoms with Crippen molar-refractivity contribution in [3.63, 3.8) is 0 Å². The van der Waals surface area contributed by atoms with Crippen LogP contribution in [0.15, 0.2) is 58.3 Å². The number of rotatable bonds is 5. The Bertz CT molecular complexity index is 1180. The molecule has 0 spiro atoms. The van der Waals surface area contributed by atoms with E-state index in [1.807, 2.05) is 24.3 Å². The zero-order chi connectivity index (χ0) is 19.5. The first kappa shape index (κ1) is 17.2. The number of aromatic hydroxyl groups is 1. The fraction of sp³-hybridized carbons (Fsp3) is 0.0556. The molecule has 10 heteroatoms. The first-order chi connectivity index (χ1) is 13.6. The molecule has 2 aromatic carbocycles. The van der Waals surface area contributed by atoms with Crippen LogP contribution in [0.2, 0.25) is 0 Å². The highest BCUT2D eigenvalue weighted by Crippen LogP contribution is 2.26. The van der Waals surface area contributed by atoms with E-state index in [0.29, 0.717) is 16.9 Å². The Kier molecular flexibility index (Phi) is 4.42. The zero-order valence-corrected chi connectivity index (χ0v) is 14.5. The van der Waals surface area contributed by atoms with Crippen LogP contribution in [0, 0.1) is 0 Å². The molecule has 2 heterocycles. The van der Waals surface area contributed by atoms with Crippen molar-refractivity contribution in [1.82, 2.24) is 25.3 Å². The molecule has 0 saturated heterocycles. The molecular formula is C18H15N7O3. The molecule has 0 saturated carbocycles. The molecule has 0 aliphatic heterocycles. The predicted molar refractivity (Wildman–Crippen MR) is 101 cm³/mol. The van der Waals surface area contributed by atoms with Gasteiger partial charge in [0.15, 0.2) is 17.3 Å². The van der Waals surface area contributed by atoms with E-state index in [1.54, 1.807) is 22.8 Å². The van der Waals surface area contributed by atoms with E-state index >= 15 is 0 Å². The number of imidazole rings is 1. The van der Waals surface area contributed by atoms with Gasteiger partial charge in [-0.3, -0.25) is 4.79 Å². The second-order valence-electron chi connectivity index (χ2n) is 5.90. The maximum atomic E-state index is 12.4. The maximum Gasteiger partial charge on any atom is 0.260 e. The summed E-state index contributed by atoms with van der Waals surface area (Å²) in [5.41, 5.74) is 10.5. The van der Waals surface area contributed by atoms with Crippen LogP contribution in [0.25, 0.3) is 22.6 Å². The molecule has 0 fully saturated rings. The predicted octanol–water partition coefficient (Wildman–Crippen LogP) is 1.52. The Balaban J connectivity index is 1.58. The number of hydrogen-bond acceptors (Lipinski definition) is 8. The molecular weight excluding hydrogens is 362 g/mol. The molecule has 4 N–H and O–H groups in total. The van der Waals surface area contributed by atoms with Crippen LogP contribution in [0.3, 0.4) is 0 Å². The average molecular weight is 377 g/mol. The number of nitrogens with two attached hydrogens (primary N) is 1. The molecule has 4 aromatic rings. The number of anilines is 1. The van der Waals surface area contributed by atoms with Crippen molar-refractivity contribution in [1.29, 1.82) is 0 Å². The lowest BCUT2D eigenvalue weighted by Gasteiger charge is -2.06. The van der Waals surface area contributed by atoms with Crippen molar-refractivity contribution in [3.8, 4) is 17.3 Å². The van der Waals surface area contributed by atoms with Crippen LogP contribution in [0.4, 0.5) is 5.82 Å². The maximum absolute atomic E-state index is 12.4. The number of phenolic OH excluding ortho intramolecular Hbond substituents is 1. The van der Waals surface area contributed by atoms with Gasteiger partial charge in [0, 0.05) is 0 Å². The largest absolute Gasteiger partial charge is 0.508 e. The van der Waals surface area contributed by atoms with Gasteiger partial charge in [0.2, 0.25) is 0 Å². The van der Waals surface area contributed by atoms with E-state index in [1.165, 1.54) is 12.3 Å². The summed E-state index contributed by atoms with van der Waals surface area (Å²) >= 11 is 0. The lowest BCUT2D eigenvalue weighted by atomic mass is 10.2. The molecule has 0 unspecified atom stereocenters. The van der Waals surface area contributed by atoms with Crippen molar-refractivity contribution in [2.45, 2.75) is 6.54 Å². The van der Waals surface area contributed by atoms with E-state index < -0.39 is 0 Å². The number of nitrogen functional groups attached to an aromatic ring is 1. The number of carbonyl (C=O) groups excluding carboxylic acids is 1. The van der Waals surface area contributed by atoms with Gasteiger partial charge in [0.1, 0.15) is 12.3 Å². The average Bonchev–Trinajstić information content (AvgIpc) is 3.25. The third-order valence-corrected chi connectivity index (χ3v) is 3.96. The fourth-order valence-electron chi connectivity index (χ4n) is 2.73. The van der Waals surface area contributed by atoms with E-state index in [2.05, 4.69) is 30.5 Å². The number of benzene rings is 2. The molecule has 0 bridgehead atoms. The number of fused-ring (bicyclic) bond motifs is 1. The van der Waals surface area contributed by atoms with Crippen LogP contribution >= 0.6 is 0 Å². The minimum atomic E-state index is -0.379. The standard InChI is InChI=1S/C18H15N7O3/c19-17-16(23-28-24-17)18-21-13-6-1-2-7-14(13)25(18)10-15(27)22-20-9-11-4-3-5-12(26)8-11/h1-9,26H,10H2,(H2,19,24)(H,22,27)/b20-9-. The molecule has 0 radical (unpaired) electrons. The number of nitrogens with zero attached hydrogens (tertiary/aromatic N) is 5. The zero-order valence-electron chi connectivity index (χ0n) is 14.5. The number of phenols is 1. The third kappa shape index (κ3) is 3.38. The summed E-state index contributed by atoms with van der Waals surface area (Å²) in [4.78, 5) is 16.9. The summed E-state index contributed by atoms with van der Waals surface area (Å²) in [6, 6.07) is 13.8. The summed E-state index contributed by atoms with van der Waals surface area (Å²) in [6.07, 6.45) is 1.43. The van der Waals surface area contributed by atoms with Crippen LogP contribution in [-0.2, 0) is 11.3 Å². The van der Waals surface area contributed by atoms with Gasteiger partial charge in [-0.05, 0) is 40.1 Å². The fourth-order valence-corrected chi connectivity index (χ4v) is 2.73. The van der Waals surface area contributed by atoms with Gasteiger partial charge in [0.25, 0.3) is 5.91 Å². The van der Waals surface area contributed by atoms with Gasteiger partial charge in [-0.1, -0.05) is 24.3 Å². The van der Waals surface area contributed by atoms with Gasteiger partial charge in [-0.2, -0.15) is 5.10 Å². The highest BCUT2D eigenvalue weighted by atomic mass is 16.6. The van der Waals surface area contributed by atoms with Gasteiger partial charge in [-0.25, -0.2) is 15.0 Å². The lowest BCUT2D eigenvalue weighted by Crippen LogP contribution is -2.23. The normalized spacial score (nSPS) is 11.3. The van der Waals surface area contributed by atoms with Crippen LogP contribution in [-0.4, -0.2) is 37.1 Å². The van der Waals surface area contributed by atoms with Crippen LogP contribution in [0.5, 0.6) is 5.75 Å². The highest BCUT2D eigenvalue weighted by molar-refractivity contribution is 5.86. The van der Waals surface area contributed by atoms with E-state index in [0.717, 1.165) is 5.52 Å². The number of aromatic nitrogens is 4. The molecule has 2 aromatic heterocycles. The Labute approximate surface area is 158 Å². The Hall–Kier alpha value is -4.21. The summed E-state index contributed by atoms with van der Waals surface area (Å²) < 4.78 is 6.31. The lowest BCUT2D eigenvalue weighted by molar-refractivity contribution is -0.121. The molecule has 0 aliphatic carbocycles. The second kappa shape index (κ2) is 7.19. The number of amides is 1. The van der Waals surface area contributed by atoms with Crippen molar-refractivity contribution in [2.24, 2.45) is 5.10 Å². The van der Waals surface area contributed by atoms with Crippen molar-refractivity contribution < 1.29 is 14.5 Å². The SMILES string of the molecule is Nc1nonc1-c1nc2ccccc2n1CC(=O)N/N=C\c1cccc(O)c1. The molecule has 4 rings (SSSR count). The van der Waals surface area contributed by atoms with E-state index in [-0.39, 0.29) is 29.7 Å². The minimum absolute atomic E-state index is 0.0699. The molecule has 0 aliphatic rings. The van der Waals surface area contributed by atoms with Gasteiger partial charge >= 0.3 is 0 Å². The van der Waals surface area contributed by atoms with Gasteiger partial charge in [-0.15, -0.1) is 0 Å². The Morgan fingerprint density at radius 2 is 2.11 bits per heavy atom. The Morgan fingerprint density at radius 1 is 1.25 bits per heavy atom. The quantitative estimate of drug-likeness (QED) is 0.353. The first-order valence-corrected chi connectivity index (χ1v) is 8.26. The van der Waals surface area contributed by atoms with Crippen LogP contribution < -0.4 is 11.2 Å². The number of hydrogen-bond donors (Lipinski definition) is 3. The van der Waals surface area contributed by atoms with Gasteiger partial charge < -0.3 is 15.4 Å². The van der Waals surface area contributed by atoms with Crippen molar-refractivity contribution in [2.75, 3.05) is 5.73 Å². The molecule has 28 heavy (non-hydrogen) atoms. The van der Waals surface area contributed by atoms with Crippen molar-refractivity contribution >= 4 is 29.0 Å². The molecule has 140 valence electrons. The minimum Gasteiger partial charge on any atom is -0.508 e. The smallest absolute Gasteiger partial charge is 0.260 e. The summed E-state index contributed by atoms with van der Waals surface area (Å²) in [5.74, 6) is 0.186. The summed E-state index contributed by atoms with van der Waals surface area (Å²) in [7, 11) is 0. The van der Waals surface area contributed by atoms with E-state index in [9.17, 15) is 9.90 Å². The summed E-state index contributed by atoms with van der Waals surface area (Å²) in [6.45, 7) is -0.0699. The van der Waals surface area contributed by atoms with Gasteiger partial charge in [0.05, 0.1) is 17.2 Å².